The third-order valence-electron chi connectivity index (χ3n) is 15.9. The van der Waals surface area contributed by atoms with E-state index in [0.29, 0.717) is 6.42 Å². The molecule has 1 rings (SSSR count). The van der Waals surface area contributed by atoms with Crippen LogP contribution in [0.4, 0.5) is 0 Å². The second kappa shape index (κ2) is 56.7. The molecular weight excluding hydrogens is 947 g/mol. The van der Waals surface area contributed by atoms with E-state index in [4.69, 9.17) is 9.47 Å². The van der Waals surface area contributed by atoms with E-state index >= 15 is 0 Å². The number of carbonyl (C=O) groups excluding carboxylic acids is 1. The van der Waals surface area contributed by atoms with Gasteiger partial charge in [0.1, 0.15) is 24.4 Å². The molecule has 0 aromatic rings. The lowest BCUT2D eigenvalue weighted by Crippen LogP contribution is -2.60. The summed E-state index contributed by atoms with van der Waals surface area (Å²) in [5, 5.41) is 54.6. The Morgan fingerprint density at radius 3 is 1.11 bits per heavy atom. The van der Waals surface area contributed by atoms with Crippen molar-refractivity contribution in [1.82, 2.24) is 5.32 Å². The lowest BCUT2D eigenvalue weighted by atomic mass is 9.99. The first kappa shape index (κ1) is 72.4. The van der Waals surface area contributed by atoms with Gasteiger partial charge in [-0.15, -0.1) is 0 Å². The summed E-state index contributed by atoms with van der Waals surface area (Å²) in [5.74, 6) is -0.184. The Morgan fingerprint density at radius 1 is 0.434 bits per heavy atom. The van der Waals surface area contributed by atoms with Crippen molar-refractivity contribution in [2.75, 3.05) is 13.2 Å². The molecule has 0 aromatic carbocycles. The van der Waals surface area contributed by atoms with Gasteiger partial charge in [0, 0.05) is 6.42 Å². The summed E-state index contributed by atoms with van der Waals surface area (Å²) in [5.41, 5.74) is 0. The summed E-state index contributed by atoms with van der Waals surface area (Å²) in [7, 11) is 0. The number of rotatable bonds is 58. The van der Waals surface area contributed by atoms with Crippen LogP contribution in [0.15, 0.2) is 36.5 Å². The van der Waals surface area contributed by atoms with Crippen LogP contribution in [0.1, 0.15) is 328 Å². The molecule has 1 heterocycles. The van der Waals surface area contributed by atoms with Crippen LogP contribution in [0, 0.1) is 0 Å². The predicted octanol–water partition coefficient (Wildman–Crippen LogP) is 17.5. The molecule has 7 unspecified atom stereocenters. The van der Waals surface area contributed by atoms with E-state index < -0.39 is 49.5 Å². The minimum atomic E-state index is -1.57. The van der Waals surface area contributed by atoms with Crippen molar-refractivity contribution in [2.45, 2.75) is 371 Å². The van der Waals surface area contributed by atoms with Crippen molar-refractivity contribution in [3.05, 3.63) is 36.5 Å². The zero-order chi connectivity index (χ0) is 55.0. The Bertz CT molecular complexity index is 1290. The summed E-state index contributed by atoms with van der Waals surface area (Å²) < 4.78 is 11.3. The number of amides is 1. The maximum Gasteiger partial charge on any atom is 0.220 e. The van der Waals surface area contributed by atoms with E-state index in [0.717, 1.165) is 44.9 Å². The molecule has 0 saturated carbocycles. The molecule has 0 aromatic heterocycles. The van der Waals surface area contributed by atoms with Gasteiger partial charge in [-0.05, 0) is 44.9 Å². The fourth-order valence-electron chi connectivity index (χ4n) is 10.7. The molecule has 9 heteroatoms. The number of nitrogens with one attached hydrogen (secondary N) is 1. The maximum atomic E-state index is 13.1. The fraction of sp³-hybridized carbons (Fsp3) is 0.896. The van der Waals surface area contributed by atoms with E-state index in [-0.39, 0.29) is 12.5 Å². The van der Waals surface area contributed by atoms with Crippen LogP contribution in [-0.4, -0.2) is 87.5 Å². The van der Waals surface area contributed by atoms with Crippen molar-refractivity contribution < 1.29 is 39.8 Å². The molecule has 7 atom stereocenters. The summed E-state index contributed by atoms with van der Waals surface area (Å²) in [6.07, 6.45) is 68.3. The predicted molar refractivity (Wildman–Crippen MR) is 323 cm³/mol. The van der Waals surface area contributed by atoms with E-state index in [1.165, 1.54) is 263 Å². The molecule has 1 aliphatic rings. The minimum absolute atomic E-state index is 0.184. The molecule has 0 spiro atoms. The zero-order valence-corrected chi connectivity index (χ0v) is 50.0. The van der Waals surface area contributed by atoms with E-state index in [9.17, 15) is 30.3 Å². The highest BCUT2D eigenvalue weighted by Crippen LogP contribution is 2.23. The smallest absolute Gasteiger partial charge is 0.220 e. The third kappa shape index (κ3) is 45.2. The summed E-state index contributed by atoms with van der Waals surface area (Å²) in [4.78, 5) is 13.1. The van der Waals surface area contributed by atoms with Crippen molar-refractivity contribution in [3.63, 3.8) is 0 Å². The summed E-state index contributed by atoms with van der Waals surface area (Å²) in [6, 6.07) is -0.827. The molecule has 0 bridgehead atoms. The summed E-state index contributed by atoms with van der Waals surface area (Å²) >= 11 is 0. The SMILES string of the molecule is CCCCCCCCCCC/C=C/CC/C=C/CC/C=C/C(O)C(COC1OC(CO)C(O)C(O)C1O)NC(=O)CCCCCCCCCCCCCCCCCCCCCCCCCCCCCCCCCCCC. The molecule has 1 saturated heterocycles. The second-order valence-corrected chi connectivity index (χ2v) is 23.3. The second-order valence-electron chi connectivity index (χ2n) is 23.3. The van der Waals surface area contributed by atoms with Crippen molar-refractivity contribution in [3.8, 4) is 0 Å². The van der Waals surface area contributed by atoms with Crippen LogP contribution in [0.3, 0.4) is 0 Å². The Morgan fingerprint density at radius 2 is 0.750 bits per heavy atom. The maximum absolute atomic E-state index is 13.1. The van der Waals surface area contributed by atoms with Gasteiger partial charge >= 0.3 is 0 Å². The van der Waals surface area contributed by atoms with Crippen LogP contribution in [0.5, 0.6) is 0 Å². The third-order valence-corrected chi connectivity index (χ3v) is 15.9. The normalized spacial score (nSPS) is 19.0. The highest BCUT2D eigenvalue weighted by molar-refractivity contribution is 5.76. The van der Waals surface area contributed by atoms with Gasteiger partial charge in [0.15, 0.2) is 6.29 Å². The largest absolute Gasteiger partial charge is 0.394 e. The first-order valence-electron chi connectivity index (χ1n) is 33.2. The molecule has 1 fully saturated rings. The van der Waals surface area contributed by atoms with E-state index in [1.807, 2.05) is 6.08 Å². The number of aliphatic hydroxyl groups excluding tert-OH is 5. The van der Waals surface area contributed by atoms with Crippen LogP contribution < -0.4 is 5.32 Å². The number of aliphatic hydroxyl groups is 5. The first-order chi connectivity index (χ1) is 37.3. The molecule has 448 valence electrons. The molecule has 76 heavy (non-hydrogen) atoms. The Hall–Kier alpha value is -1.59. The van der Waals surface area contributed by atoms with Crippen LogP contribution in [0.2, 0.25) is 0 Å². The van der Waals surface area contributed by atoms with Gasteiger partial charge in [-0.25, -0.2) is 0 Å². The number of allylic oxidation sites excluding steroid dienone is 5. The lowest BCUT2D eigenvalue weighted by Gasteiger charge is -2.40. The van der Waals surface area contributed by atoms with E-state index in [2.05, 4.69) is 43.5 Å². The number of ether oxygens (including phenoxy) is 2. The monoisotopic (exact) mass is 1070 g/mol. The van der Waals surface area contributed by atoms with Gasteiger partial charge in [-0.2, -0.15) is 0 Å². The molecule has 6 N–H and O–H groups in total. The average molecular weight is 1070 g/mol. The fourth-order valence-corrected chi connectivity index (χ4v) is 10.7. The van der Waals surface area contributed by atoms with Gasteiger partial charge in [-0.3, -0.25) is 4.79 Å². The lowest BCUT2D eigenvalue weighted by molar-refractivity contribution is -0.302. The molecular formula is C67H127NO8. The molecule has 0 aliphatic carbocycles. The molecule has 1 aliphatic heterocycles. The minimum Gasteiger partial charge on any atom is -0.394 e. The van der Waals surface area contributed by atoms with Gasteiger partial charge in [0.05, 0.1) is 25.4 Å². The van der Waals surface area contributed by atoms with Crippen LogP contribution >= 0.6 is 0 Å². The number of carbonyl (C=O) groups is 1. The first-order valence-corrected chi connectivity index (χ1v) is 33.2. The topological polar surface area (TPSA) is 149 Å². The number of hydrogen-bond donors (Lipinski definition) is 6. The zero-order valence-electron chi connectivity index (χ0n) is 50.0. The van der Waals surface area contributed by atoms with Crippen LogP contribution in [-0.2, 0) is 14.3 Å². The number of unbranched alkanes of at least 4 members (excludes halogenated alkanes) is 44. The molecule has 0 radical (unpaired) electrons. The van der Waals surface area contributed by atoms with Gasteiger partial charge in [-0.1, -0.05) is 314 Å². The standard InChI is InChI=1S/C67H127NO8/c1-3-5-7-9-11-13-15-17-19-21-23-24-25-26-27-28-29-30-31-32-33-34-35-36-37-39-41-43-45-47-49-51-53-55-57-63(71)68-60(59-75-67-66(74)65(73)64(72)62(58-69)76-67)61(70)56-54-52-50-48-46-44-42-40-38-22-20-18-16-14-12-10-8-6-4-2/h38,40,46,48,54,56,60-62,64-67,69-70,72-74H,3-37,39,41-45,47,49-53,55,57-59H2,1-2H3,(H,68,71)/b40-38+,48-46+,56-54+. The Labute approximate surface area is 470 Å². The van der Waals surface area contributed by atoms with Crippen molar-refractivity contribution in [1.29, 1.82) is 0 Å². The number of hydrogen-bond acceptors (Lipinski definition) is 8. The Kier molecular flexibility index (Phi) is 54.0. The van der Waals surface area contributed by atoms with Gasteiger partial charge < -0.3 is 40.3 Å². The van der Waals surface area contributed by atoms with Crippen molar-refractivity contribution >= 4 is 5.91 Å². The quantitative estimate of drug-likeness (QED) is 0.0261. The Balaban J connectivity index is 2.11. The highest BCUT2D eigenvalue weighted by atomic mass is 16.7. The van der Waals surface area contributed by atoms with Crippen LogP contribution in [0.25, 0.3) is 0 Å². The van der Waals surface area contributed by atoms with E-state index in [1.54, 1.807) is 6.08 Å². The molecule has 1 amide bonds. The summed E-state index contributed by atoms with van der Waals surface area (Å²) in [6.45, 7) is 3.80. The van der Waals surface area contributed by atoms with Crippen molar-refractivity contribution in [2.24, 2.45) is 0 Å². The molecule has 9 nitrogen and oxygen atoms in total. The highest BCUT2D eigenvalue weighted by Gasteiger charge is 2.44. The van der Waals surface area contributed by atoms with Gasteiger partial charge in [0.25, 0.3) is 0 Å². The average Bonchev–Trinajstić information content (AvgIpc) is 3.42. The van der Waals surface area contributed by atoms with Gasteiger partial charge in [0.2, 0.25) is 5.91 Å².